The van der Waals surface area contributed by atoms with E-state index in [0.717, 1.165) is 22.4 Å². The number of nitrogens with one attached hydrogen (secondary N) is 2. The van der Waals surface area contributed by atoms with Crippen LogP contribution in [0, 0.1) is 0 Å². The third-order valence-electron chi connectivity index (χ3n) is 5.89. The highest BCUT2D eigenvalue weighted by molar-refractivity contribution is 5.95. The highest BCUT2D eigenvalue weighted by atomic mass is 16.6. The number of hydrogen-bond donors (Lipinski definition) is 3. The van der Waals surface area contributed by atoms with Gasteiger partial charge in [0.2, 0.25) is 11.8 Å². The van der Waals surface area contributed by atoms with Crippen molar-refractivity contribution in [1.82, 2.24) is 10.6 Å². The van der Waals surface area contributed by atoms with E-state index in [1.54, 1.807) is 13.2 Å². The summed E-state index contributed by atoms with van der Waals surface area (Å²) in [6.45, 7) is 1.01. The Bertz CT molecular complexity index is 1160. The topological polar surface area (TPSA) is 106 Å². The Morgan fingerprint density at radius 3 is 2.28 bits per heavy atom. The van der Waals surface area contributed by atoms with Crippen LogP contribution in [0.1, 0.15) is 23.1 Å². The van der Waals surface area contributed by atoms with Crippen LogP contribution in [-0.2, 0) is 27.2 Å². The largest absolute Gasteiger partial charge is 0.497 e. The first-order valence-electron chi connectivity index (χ1n) is 12.9. The number of methoxy groups -OCH3 is 1. The van der Waals surface area contributed by atoms with Gasteiger partial charge in [0.25, 0.3) is 0 Å². The lowest BCUT2D eigenvalue weighted by atomic mass is 10.0. The Morgan fingerprint density at radius 1 is 0.897 bits per heavy atom. The zero-order chi connectivity index (χ0) is 27.7. The van der Waals surface area contributed by atoms with Crippen molar-refractivity contribution >= 4 is 17.9 Å². The van der Waals surface area contributed by atoms with E-state index in [0.29, 0.717) is 44.8 Å². The average Bonchev–Trinajstić information content (AvgIpc) is 2.97. The van der Waals surface area contributed by atoms with E-state index in [9.17, 15) is 9.59 Å². The maximum Gasteiger partial charge on any atom is 0.244 e. The summed E-state index contributed by atoms with van der Waals surface area (Å²) in [7, 11) is 1.62. The maximum absolute atomic E-state index is 13.1. The molecule has 0 saturated heterocycles. The molecule has 3 aromatic carbocycles. The van der Waals surface area contributed by atoms with Crippen LogP contribution in [0.5, 0.6) is 11.5 Å². The summed E-state index contributed by atoms with van der Waals surface area (Å²) in [5, 5.41) is 14.5. The van der Waals surface area contributed by atoms with Crippen molar-refractivity contribution in [1.29, 1.82) is 0 Å². The lowest BCUT2D eigenvalue weighted by molar-refractivity contribution is -0.127. The Balaban J connectivity index is 1.59. The van der Waals surface area contributed by atoms with Crippen LogP contribution < -0.4 is 20.1 Å². The van der Waals surface area contributed by atoms with Gasteiger partial charge in [0.05, 0.1) is 20.3 Å². The van der Waals surface area contributed by atoms with Crippen LogP contribution in [-0.4, -0.2) is 56.6 Å². The molecule has 0 aliphatic carbocycles. The number of carbonyl (C=O) groups excluding carboxylic acids is 2. The minimum atomic E-state index is -0.754. The lowest BCUT2D eigenvalue weighted by Gasteiger charge is -2.18. The third-order valence-corrected chi connectivity index (χ3v) is 5.89. The molecule has 0 saturated carbocycles. The molecule has 3 N–H and O–H groups in total. The van der Waals surface area contributed by atoms with Gasteiger partial charge < -0.3 is 30.0 Å². The molecule has 8 heteroatoms. The molecule has 0 unspecified atom stereocenters. The van der Waals surface area contributed by atoms with Gasteiger partial charge in [-0.25, -0.2) is 0 Å². The van der Waals surface area contributed by atoms with Gasteiger partial charge in [0, 0.05) is 25.5 Å². The summed E-state index contributed by atoms with van der Waals surface area (Å²) in [5.74, 6) is 0.868. The molecule has 3 aromatic rings. The van der Waals surface area contributed by atoms with Crippen LogP contribution in [0.3, 0.4) is 0 Å². The Morgan fingerprint density at radius 2 is 1.59 bits per heavy atom. The van der Waals surface area contributed by atoms with Gasteiger partial charge in [-0.2, -0.15) is 0 Å². The average molecular weight is 533 g/mol. The predicted molar refractivity (Wildman–Crippen MR) is 150 cm³/mol. The van der Waals surface area contributed by atoms with E-state index < -0.39 is 6.04 Å². The highest BCUT2D eigenvalue weighted by Crippen LogP contribution is 2.15. The molecule has 2 amide bonds. The molecule has 1 atom stereocenters. The fourth-order valence-electron chi connectivity index (χ4n) is 3.78. The molecule has 8 nitrogen and oxygen atoms in total. The number of benzene rings is 3. The van der Waals surface area contributed by atoms with Gasteiger partial charge >= 0.3 is 0 Å². The highest BCUT2D eigenvalue weighted by Gasteiger charge is 2.20. The molecule has 206 valence electrons. The van der Waals surface area contributed by atoms with Crippen LogP contribution in [0.15, 0.2) is 84.9 Å². The van der Waals surface area contributed by atoms with E-state index in [-0.39, 0.29) is 18.6 Å². The van der Waals surface area contributed by atoms with Gasteiger partial charge in [-0.3, -0.25) is 9.59 Å². The second kappa shape index (κ2) is 16.7. The zero-order valence-electron chi connectivity index (χ0n) is 22.2. The maximum atomic E-state index is 13.1. The first-order valence-corrected chi connectivity index (χ1v) is 12.9. The van der Waals surface area contributed by atoms with E-state index in [1.807, 2.05) is 78.9 Å². The molecular weight excluding hydrogens is 496 g/mol. The number of carbonyl (C=O) groups is 2. The molecule has 0 aliphatic heterocycles. The molecule has 0 heterocycles. The number of aliphatic hydroxyl groups excluding tert-OH is 1. The van der Waals surface area contributed by atoms with Crippen LogP contribution >= 0.6 is 0 Å². The minimum absolute atomic E-state index is 0.255. The fourth-order valence-corrected chi connectivity index (χ4v) is 3.78. The van der Waals surface area contributed by atoms with Gasteiger partial charge in [0.1, 0.15) is 24.3 Å². The number of rotatable bonds is 16. The van der Waals surface area contributed by atoms with E-state index in [2.05, 4.69) is 10.6 Å². The van der Waals surface area contributed by atoms with E-state index in [1.165, 1.54) is 6.08 Å². The SMILES string of the molecule is COc1ccc(CCNC(=O)[C@H](Cc2ccc(OCCCOCO)cc2)NC(=O)C=Cc2ccccc2)cc1. The second-order valence-electron chi connectivity index (χ2n) is 8.78. The summed E-state index contributed by atoms with van der Waals surface area (Å²) >= 11 is 0. The summed E-state index contributed by atoms with van der Waals surface area (Å²) < 4.78 is 15.8. The number of aliphatic hydroxyl groups is 1. The molecule has 0 bridgehead atoms. The van der Waals surface area contributed by atoms with Crippen molar-refractivity contribution in [3.05, 3.63) is 102 Å². The summed E-state index contributed by atoms with van der Waals surface area (Å²) in [4.78, 5) is 25.8. The van der Waals surface area contributed by atoms with Crippen molar-refractivity contribution in [3.63, 3.8) is 0 Å². The number of ether oxygens (including phenoxy) is 3. The second-order valence-corrected chi connectivity index (χ2v) is 8.78. The summed E-state index contributed by atoms with van der Waals surface area (Å²) in [6, 6.07) is 23.9. The van der Waals surface area contributed by atoms with E-state index >= 15 is 0 Å². The van der Waals surface area contributed by atoms with Gasteiger partial charge in [-0.1, -0.05) is 54.6 Å². The predicted octanol–water partition coefficient (Wildman–Crippen LogP) is 3.53. The Hall–Kier alpha value is -4.14. The molecule has 3 rings (SSSR count). The van der Waals surface area contributed by atoms with Crippen molar-refractivity contribution in [2.24, 2.45) is 0 Å². The number of amides is 2. The first-order chi connectivity index (χ1) is 19.1. The monoisotopic (exact) mass is 532 g/mol. The van der Waals surface area contributed by atoms with Gasteiger partial charge in [-0.15, -0.1) is 0 Å². The molecule has 0 aromatic heterocycles. The molecule has 0 spiro atoms. The molecule has 0 fully saturated rings. The zero-order valence-corrected chi connectivity index (χ0v) is 22.2. The number of hydrogen-bond acceptors (Lipinski definition) is 6. The summed E-state index contributed by atoms with van der Waals surface area (Å²) in [6.07, 6.45) is 4.78. The van der Waals surface area contributed by atoms with Crippen molar-refractivity contribution in [3.8, 4) is 11.5 Å². The standard InChI is InChI=1S/C31H36N2O6/c1-37-27-13-8-25(9-14-27)18-19-32-31(36)29(33-30(35)17-12-24-6-3-2-4-7-24)22-26-10-15-28(16-11-26)39-21-5-20-38-23-34/h2-4,6-17,29,34H,5,18-23H2,1H3,(H,32,36)(H,33,35)/t29-/m0/s1. The molecular formula is C31H36N2O6. The van der Waals surface area contributed by atoms with Gasteiger partial charge in [-0.05, 0) is 53.5 Å². The summed E-state index contributed by atoms with van der Waals surface area (Å²) in [5.41, 5.74) is 2.85. The molecule has 0 aliphatic rings. The minimum Gasteiger partial charge on any atom is -0.497 e. The van der Waals surface area contributed by atoms with Crippen molar-refractivity contribution in [2.45, 2.75) is 25.3 Å². The Kier molecular flexibility index (Phi) is 12.6. The normalized spacial score (nSPS) is 11.6. The molecule has 39 heavy (non-hydrogen) atoms. The first kappa shape index (κ1) is 29.4. The van der Waals surface area contributed by atoms with Crippen molar-refractivity contribution < 1.29 is 28.9 Å². The third kappa shape index (κ3) is 11.0. The molecule has 0 radical (unpaired) electrons. The van der Waals surface area contributed by atoms with E-state index in [4.69, 9.17) is 19.3 Å². The van der Waals surface area contributed by atoms with Crippen LogP contribution in [0.25, 0.3) is 6.08 Å². The Labute approximate surface area is 229 Å². The lowest BCUT2D eigenvalue weighted by Crippen LogP contribution is -2.48. The van der Waals surface area contributed by atoms with Crippen LogP contribution in [0.2, 0.25) is 0 Å². The van der Waals surface area contributed by atoms with Gasteiger partial charge in [0.15, 0.2) is 0 Å². The fraction of sp³-hybridized carbons (Fsp3) is 0.290. The van der Waals surface area contributed by atoms with Crippen LogP contribution in [0.4, 0.5) is 0 Å². The quantitative estimate of drug-likeness (QED) is 0.148. The smallest absolute Gasteiger partial charge is 0.244 e. The van der Waals surface area contributed by atoms with Crippen molar-refractivity contribution in [2.75, 3.05) is 33.7 Å².